The summed E-state index contributed by atoms with van der Waals surface area (Å²) >= 11 is 0. The van der Waals surface area contributed by atoms with Gasteiger partial charge in [-0.1, -0.05) is 30.3 Å². The Hall–Kier alpha value is -1.88. The SMILES string of the molecule is O=C1CC2COCCN2C(=O)[C@H](Cc2ccccc2)N1. The second kappa shape index (κ2) is 5.63. The molecule has 5 nitrogen and oxygen atoms in total. The first-order chi connectivity index (χ1) is 9.74. The number of morpholine rings is 1. The van der Waals surface area contributed by atoms with Crippen LogP contribution in [0.4, 0.5) is 0 Å². The highest BCUT2D eigenvalue weighted by Gasteiger charge is 2.37. The highest BCUT2D eigenvalue weighted by molar-refractivity contribution is 5.90. The maximum absolute atomic E-state index is 12.6. The summed E-state index contributed by atoms with van der Waals surface area (Å²) in [4.78, 5) is 26.3. The van der Waals surface area contributed by atoms with E-state index in [4.69, 9.17) is 4.74 Å². The molecule has 1 aromatic rings. The Morgan fingerprint density at radius 1 is 1.25 bits per heavy atom. The van der Waals surface area contributed by atoms with E-state index in [0.717, 1.165) is 5.56 Å². The van der Waals surface area contributed by atoms with Gasteiger partial charge in [-0.05, 0) is 5.56 Å². The number of ether oxygens (including phenoxy) is 1. The van der Waals surface area contributed by atoms with Gasteiger partial charge in [0.2, 0.25) is 11.8 Å². The summed E-state index contributed by atoms with van der Waals surface area (Å²) in [6.45, 7) is 1.58. The Labute approximate surface area is 117 Å². The molecule has 2 saturated heterocycles. The van der Waals surface area contributed by atoms with Crippen LogP contribution >= 0.6 is 0 Å². The summed E-state index contributed by atoms with van der Waals surface area (Å²) in [6.07, 6.45) is 0.868. The largest absolute Gasteiger partial charge is 0.377 e. The van der Waals surface area contributed by atoms with Crippen molar-refractivity contribution in [3.63, 3.8) is 0 Å². The lowest BCUT2D eigenvalue weighted by Gasteiger charge is -2.34. The Kier molecular flexibility index (Phi) is 3.69. The quantitative estimate of drug-likeness (QED) is 0.846. The van der Waals surface area contributed by atoms with E-state index >= 15 is 0 Å². The molecule has 0 spiro atoms. The van der Waals surface area contributed by atoms with E-state index in [-0.39, 0.29) is 17.9 Å². The van der Waals surface area contributed by atoms with Gasteiger partial charge in [0.15, 0.2) is 0 Å². The number of hydrogen-bond acceptors (Lipinski definition) is 3. The van der Waals surface area contributed by atoms with Crippen LogP contribution in [0, 0.1) is 0 Å². The van der Waals surface area contributed by atoms with Gasteiger partial charge in [-0.2, -0.15) is 0 Å². The Morgan fingerprint density at radius 2 is 2.05 bits per heavy atom. The summed E-state index contributed by atoms with van der Waals surface area (Å²) in [7, 11) is 0. The van der Waals surface area contributed by atoms with Gasteiger partial charge in [0.25, 0.3) is 0 Å². The molecule has 1 unspecified atom stereocenters. The fourth-order valence-corrected chi connectivity index (χ4v) is 2.83. The van der Waals surface area contributed by atoms with Crippen LogP contribution in [0.2, 0.25) is 0 Å². The standard InChI is InChI=1S/C15H18N2O3/c18-14-9-12-10-20-7-6-17(12)15(19)13(16-14)8-11-4-2-1-3-5-11/h1-5,12-13H,6-10H2,(H,16,18)/t12?,13-/m0/s1. The summed E-state index contributed by atoms with van der Waals surface area (Å²) in [5, 5.41) is 2.85. The number of nitrogens with one attached hydrogen (secondary N) is 1. The Balaban J connectivity index is 1.79. The third-order valence-corrected chi connectivity index (χ3v) is 3.85. The molecule has 0 bridgehead atoms. The molecule has 2 amide bonds. The summed E-state index contributed by atoms with van der Waals surface area (Å²) in [6, 6.07) is 9.19. The normalized spacial score (nSPS) is 26.7. The number of rotatable bonds is 2. The molecule has 2 heterocycles. The minimum atomic E-state index is -0.465. The van der Waals surface area contributed by atoms with Crippen molar-refractivity contribution in [1.29, 1.82) is 0 Å². The number of carbonyl (C=O) groups excluding carboxylic acids is 2. The van der Waals surface area contributed by atoms with E-state index < -0.39 is 6.04 Å². The van der Waals surface area contributed by atoms with E-state index in [9.17, 15) is 9.59 Å². The predicted molar refractivity (Wildman–Crippen MR) is 73.0 cm³/mol. The molecule has 5 heteroatoms. The lowest BCUT2D eigenvalue weighted by Crippen LogP contribution is -2.52. The third-order valence-electron chi connectivity index (χ3n) is 3.85. The monoisotopic (exact) mass is 274 g/mol. The van der Waals surface area contributed by atoms with E-state index in [1.165, 1.54) is 0 Å². The summed E-state index contributed by atoms with van der Waals surface area (Å²) in [5.74, 6) is -0.0646. The zero-order chi connectivity index (χ0) is 13.9. The van der Waals surface area contributed by atoms with Crippen molar-refractivity contribution < 1.29 is 14.3 Å². The molecular weight excluding hydrogens is 256 g/mol. The first-order valence-corrected chi connectivity index (χ1v) is 6.95. The van der Waals surface area contributed by atoms with Crippen LogP contribution < -0.4 is 5.32 Å². The van der Waals surface area contributed by atoms with Crippen LogP contribution in [0.3, 0.4) is 0 Å². The molecular formula is C15H18N2O3. The maximum atomic E-state index is 12.6. The van der Waals surface area contributed by atoms with Gasteiger partial charge in [-0.15, -0.1) is 0 Å². The zero-order valence-corrected chi connectivity index (χ0v) is 11.2. The van der Waals surface area contributed by atoms with Gasteiger partial charge in [0.05, 0.1) is 19.3 Å². The second-order valence-electron chi connectivity index (χ2n) is 5.27. The van der Waals surface area contributed by atoms with Crippen molar-refractivity contribution in [3.05, 3.63) is 35.9 Å². The molecule has 2 atom stereocenters. The summed E-state index contributed by atoms with van der Waals surface area (Å²) < 4.78 is 5.37. The minimum absolute atomic E-state index is 0.00741. The van der Waals surface area contributed by atoms with Crippen LogP contribution in [-0.4, -0.2) is 48.6 Å². The smallest absolute Gasteiger partial charge is 0.245 e. The second-order valence-corrected chi connectivity index (χ2v) is 5.27. The molecule has 2 fully saturated rings. The fraction of sp³-hybridized carbons (Fsp3) is 0.467. The van der Waals surface area contributed by atoms with Crippen molar-refractivity contribution >= 4 is 11.8 Å². The number of amides is 2. The molecule has 0 radical (unpaired) electrons. The van der Waals surface area contributed by atoms with Crippen LogP contribution in [0.5, 0.6) is 0 Å². The van der Waals surface area contributed by atoms with E-state index in [0.29, 0.717) is 32.6 Å². The van der Waals surface area contributed by atoms with Crippen molar-refractivity contribution in [3.8, 4) is 0 Å². The van der Waals surface area contributed by atoms with Crippen LogP contribution in [0.15, 0.2) is 30.3 Å². The first kappa shape index (κ1) is 13.1. The Bertz CT molecular complexity index is 503. The van der Waals surface area contributed by atoms with Gasteiger partial charge in [0, 0.05) is 19.4 Å². The first-order valence-electron chi connectivity index (χ1n) is 6.95. The number of fused-ring (bicyclic) bond motifs is 1. The van der Waals surface area contributed by atoms with E-state index in [1.807, 2.05) is 30.3 Å². The number of benzene rings is 1. The van der Waals surface area contributed by atoms with Gasteiger partial charge in [0.1, 0.15) is 6.04 Å². The highest BCUT2D eigenvalue weighted by Crippen LogP contribution is 2.17. The topological polar surface area (TPSA) is 58.6 Å². The van der Waals surface area contributed by atoms with E-state index in [2.05, 4.69) is 5.32 Å². The number of carbonyl (C=O) groups is 2. The average Bonchev–Trinajstić information content (AvgIpc) is 2.58. The summed E-state index contributed by atoms with van der Waals surface area (Å²) in [5.41, 5.74) is 1.05. The van der Waals surface area contributed by atoms with Crippen LogP contribution in [-0.2, 0) is 20.7 Å². The molecule has 20 heavy (non-hydrogen) atoms. The van der Waals surface area contributed by atoms with Crippen molar-refractivity contribution in [2.45, 2.75) is 24.9 Å². The van der Waals surface area contributed by atoms with Gasteiger partial charge in [-0.3, -0.25) is 9.59 Å². The zero-order valence-electron chi connectivity index (χ0n) is 11.2. The lowest BCUT2D eigenvalue weighted by molar-refractivity contribution is -0.140. The van der Waals surface area contributed by atoms with E-state index in [1.54, 1.807) is 4.90 Å². The lowest BCUT2D eigenvalue weighted by atomic mass is 10.0. The number of hydrogen-bond donors (Lipinski definition) is 1. The van der Waals surface area contributed by atoms with Crippen molar-refractivity contribution in [1.82, 2.24) is 10.2 Å². The molecule has 2 aliphatic heterocycles. The molecule has 1 N–H and O–H groups in total. The third kappa shape index (κ3) is 2.67. The molecule has 106 valence electrons. The molecule has 2 aliphatic rings. The minimum Gasteiger partial charge on any atom is -0.377 e. The van der Waals surface area contributed by atoms with Crippen molar-refractivity contribution in [2.75, 3.05) is 19.8 Å². The molecule has 0 saturated carbocycles. The van der Waals surface area contributed by atoms with Crippen molar-refractivity contribution in [2.24, 2.45) is 0 Å². The van der Waals surface area contributed by atoms with Gasteiger partial charge >= 0.3 is 0 Å². The van der Waals surface area contributed by atoms with Crippen LogP contribution in [0.1, 0.15) is 12.0 Å². The van der Waals surface area contributed by atoms with Crippen LogP contribution in [0.25, 0.3) is 0 Å². The molecule has 0 aliphatic carbocycles. The van der Waals surface area contributed by atoms with Gasteiger partial charge in [-0.25, -0.2) is 0 Å². The fourth-order valence-electron chi connectivity index (χ4n) is 2.83. The number of nitrogens with zero attached hydrogens (tertiary/aromatic N) is 1. The molecule has 0 aromatic heterocycles. The maximum Gasteiger partial charge on any atom is 0.245 e. The average molecular weight is 274 g/mol. The predicted octanol–water partition coefficient (Wildman–Crippen LogP) is 0.345. The highest BCUT2D eigenvalue weighted by atomic mass is 16.5. The van der Waals surface area contributed by atoms with Gasteiger partial charge < -0.3 is 15.0 Å². The molecule has 1 aromatic carbocycles. The molecule has 3 rings (SSSR count). The Morgan fingerprint density at radius 3 is 2.85 bits per heavy atom.